The van der Waals surface area contributed by atoms with Crippen LogP contribution in [0.3, 0.4) is 0 Å². The van der Waals surface area contributed by atoms with Gasteiger partial charge in [-0.3, -0.25) is 14.6 Å². The van der Waals surface area contributed by atoms with E-state index in [0.717, 1.165) is 5.56 Å². The molecule has 6 nitrogen and oxygen atoms in total. The van der Waals surface area contributed by atoms with Crippen LogP contribution in [0.2, 0.25) is 0 Å². The van der Waals surface area contributed by atoms with E-state index < -0.39 is 24.5 Å². The predicted octanol–water partition coefficient (Wildman–Crippen LogP) is 3.68. The van der Waals surface area contributed by atoms with Crippen LogP contribution in [0.1, 0.15) is 16.1 Å². The summed E-state index contributed by atoms with van der Waals surface area (Å²) in [5.41, 5.74) is 1.43. The number of thiazole rings is 1. The standard InChI is InChI=1S/C19H15F3N4O2S/c20-19(21,22)11-24-17(28)14-5-1-2-6-15(14)26-16(27)8-13-10-29-18(25-13)12-4-3-7-23-9-12/h1-7,9-10H,8,11H2,(H,24,28)(H,26,27). The molecule has 29 heavy (non-hydrogen) atoms. The first-order valence-electron chi connectivity index (χ1n) is 8.40. The van der Waals surface area contributed by atoms with E-state index in [9.17, 15) is 22.8 Å². The van der Waals surface area contributed by atoms with Crippen molar-refractivity contribution in [2.45, 2.75) is 12.6 Å². The van der Waals surface area contributed by atoms with Crippen LogP contribution in [-0.4, -0.2) is 34.5 Å². The predicted molar refractivity (Wildman–Crippen MR) is 103 cm³/mol. The molecule has 1 aromatic carbocycles. The summed E-state index contributed by atoms with van der Waals surface area (Å²) in [6, 6.07) is 9.49. The minimum atomic E-state index is -4.52. The Balaban J connectivity index is 1.66. The van der Waals surface area contributed by atoms with Crippen LogP contribution < -0.4 is 10.6 Å². The zero-order valence-electron chi connectivity index (χ0n) is 14.9. The van der Waals surface area contributed by atoms with Crippen LogP contribution in [0.4, 0.5) is 18.9 Å². The van der Waals surface area contributed by atoms with Gasteiger partial charge in [0.15, 0.2) is 0 Å². The van der Waals surface area contributed by atoms with Crippen molar-refractivity contribution in [1.82, 2.24) is 15.3 Å². The maximum Gasteiger partial charge on any atom is 0.405 e. The second kappa shape index (κ2) is 8.82. The molecule has 2 heterocycles. The van der Waals surface area contributed by atoms with Gasteiger partial charge < -0.3 is 10.6 Å². The second-order valence-corrected chi connectivity index (χ2v) is 6.81. The van der Waals surface area contributed by atoms with E-state index in [0.29, 0.717) is 10.7 Å². The summed E-state index contributed by atoms with van der Waals surface area (Å²) >= 11 is 1.37. The number of anilines is 1. The molecule has 0 radical (unpaired) electrons. The number of carbonyl (C=O) groups excluding carboxylic acids is 2. The number of carbonyl (C=O) groups is 2. The summed E-state index contributed by atoms with van der Waals surface area (Å²) in [4.78, 5) is 32.8. The highest BCUT2D eigenvalue weighted by Gasteiger charge is 2.28. The fourth-order valence-corrected chi connectivity index (χ4v) is 3.25. The summed E-state index contributed by atoms with van der Waals surface area (Å²) in [6.45, 7) is -1.45. The van der Waals surface area contributed by atoms with Crippen LogP contribution in [0.5, 0.6) is 0 Å². The number of halogens is 3. The fraction of sp³-hybridized carbons (Fsp3) is 0.158. The minimum Gasteiger partial charge on any atom is -0.343 e. The average molecular weight is 420 g/mol. The van der Waals surface area contributed by atoms with E-state index in [1.807, 2.05) is 6.07 Å². The van der Waals surface area contributed by atoms with Crippen molar-refractivity contribution in [1.29, 1.82) is 0 Å². The molecule has 2 amide bonds. The molecule has 3 rings (SSSR count). The molecule has 0 unspecified atom stereocenters. The normalized spacial score (nSPS) is 11.1. The topological polar surface area (TPSA) is 84.0 Å². The number of pyridine rings is 1. The van der Waals surface area contributed by atoms with Gasteiger partial charge in [-0.15, -0.1) is 11.3 Å². The molecule has 0 aliphatic carbocycles. The summed E-state index contributed by atoms with van der Waals surface area (Å²) in [5.74, 6) is -1.37. The summed E-state index contributed by atoms with van der Waals surface area (Å²) in [5, 5.41) is 6.80. The number of benzene rings is 1. The Morgan fingerprint density at radius 1 is 1.10 bits per heavy atom. The molecule has 0 aliphatic heterocycles. The summed E-state index contributed by atoms with van der Waals surface area (Å²) < 4.78 is 36.9. The lowest BCUT2D eigenvalue weighted by molar-refractivity contribution is -0.123. The van der Waals surface area contributed by atoms with E-state index in [1.54, 1.807) is 35.2 Å². The van der Waals surface area contributed by atoms with Crippen LogP contribution in [0.15, 0.2) is 54.2 Å². The lowest BCUT2D eigenvalue weighted by Crippen LogP contribution is -2.34. The molecule has 0 saturated heterocycles. The smallest absolute Gasteiger partial charge is 0.343 e. The van der Waals surface area contributed by atoms with Crippen molar-refractivity contribution < 1.29 is 22.8 Å². The number of alkyl halides is 3. The van der Waals surface area contributed by atoms with Gasteiger partial charge in [-0.05, 0) is 24.3 Å². The third-order valence-corrected chi connectivity index (χ3v) is 4.64. The highest BCUT2D eigenvalue weighted by Crippen LogP contribution is 2.23. The zero-order chi connectivity index (χ0) is 20.9. The lowest BCUT2D eigenvalue weighted by atomic mass is 10.1. The maximum absolute atomic E-state index is 12.3. The molecule has 0 spiro atoms. The van der Waals surface area contributed by atoms with Gasteiger partial charge in [0, 0.05) is 23.3 Å². The van der Waals surface area contributed by atoms with Gasteiger partial charge in [0.25, 0.3) is 5.91 Å². The van der Waals surface area contributed by atoms with Crippen LogP contribution in [-0.2, 0) is 11.2 Å². The fourth-order valence-electron chi connectivity index (χ4n) is 2.43. The van der Waals surface area contributed by atoms with E-state index in [4.69, 9.17) is 0 Å². The largest absolute Gasteiger partial charge is 0.405 e. The third kappa shape index (κ3) is 5.85. The van der Waals surface area contributed by atoms with E-state index in [-0.39, 0.29) is 17.7 Å². The van der Waals surface area contributed by atoms with Crippen molar-refractivity contribution in [3.05, 3.63) is 65.4 Å². The molecule has 0 bridgehead atoms. The number of para-hydroxylation sites is 1. The number of rotatable bonds is 6. The third-order valence-electron chi connectivity index (χ3n) is 3.70. The van der Waals surface area contributed by atoms with Crippen molar-refractivity contribution in [3.63, 3.8) is 0 Å². The molecular weight excluding hydrogens is 405 g/mol. The van der Waals surface area contributed by atoms with Gasteiger partial charge in [-0.2, -0.15) is 13.2 Å². The Hall–Kier alpha value is -3.27. The molecule has 150 valence electrons. The molecule has 3 aromatic rings. The number of hydrogen-bond acceptors (Lipinski definition) is 5. The molecule has 0 fully saturated rings. The Morgan fingerprint density at radius 3 is 2.62 bits per heavy atom. The maximum atomic E-state index is 12.3. The quantitative estimate of drug-likeness (QED) is 0.637. The van der Waals surface area contributed by atoms with Gasteiger partial charge in [0.2, 0.25) is 5.91 Å². The van der Waals surface area contributed by atoms with Gasteiger partial charge in [0.05, 0.1) is 23.4 Å². The van der Waals surface area contributed by atoms with Gasteiger partial charge in [0.1, 0.15) is 11.6 Å². The number of nitrogens with one attached hydrogen (secondary N) is 2. The number of aromatic nitrogens is 2. The Morgan fingerprint density at radius 2 is 1.90 bits per heavy atom. The molecule has 10 heteroatoms. The van der Waals surface area contributed by atoms with E-state index in [2.05, 4.69) is 15.3 Å². The highest BCUT2D eigenvalue weighted by molar-refractivity contribution is 7.13. The van der Waals surface area contributed by atoms with Gasteiger partial charge >= 0.3 is 6.18 Å². The average Bonchev–Trinajstić information content (AvgIpc) is 3.15. The Kier molecular flexibility index (Phi) is 6.23. The minimum absolute atomic E-state index is 0.0464. The molecule has 2 N–H and O–H groups in total. The van der Waals surface area contributed by atoms with Crippen LogP contribution in [0, 0.1) is 0 Å². The van der Waals surface area contributed by atoms with Crippen molar-refractivity contribution in [3.8, 4) is 10.6 Å². The number of amides is 2. The first-order valence-corrected chi connectivity index (χ1v) is 9.28. The highest BCUT2D eigenvalue weighted by atomic mass is 32.1. The SMILES string of the molecule is O=C(Cc1csc(-c2cccnc2)n1)Nc1ccccc1C(=O)NCC(F)(F)F. The van der Waals surface area contributed by atoms with Crippen molar-refractivity contribution >= 4 is 28.8 Å². The van der Waals surface area contributed by atoms with Crippen LogP contribution >= 0.6 is 11.3 Å². The second-order valence-electron chi connectivity index (χ2n) is 5.95. The molecule has 2 aromatic heterocycles. The summed E-state index contributed by atoms with van der Waals surface area (Å²) in [6.07, 6.45) is -1.26. The van der Waals surface area contributed by atoms with E-state index in [1.165, 1.54) is 29.5 Å². The zero-order valence-corrected chi connectivity index (χ0v) is 15.7. The van der Waals surface area contributed by atoms with Crippen LogP contribution in [0.25, 0.3) is 10.6 Å². The number of hydrogen-bond donors (Lipinski definition) is 2. The van der Waals surface area contributed by atoms with Crippen molar-refractivity contribution in [2.75, 3.05) is 11.9 Å². The lowest BCUT2D eigenvalue weighted by Gasteiger charge is -2.12. The monoisotopic (exact) mass is 420 g/mol. The van der Waals surface area contributed by atoms with Crippen molar-refractivity contribution in [2.24, 2.45) is 0 Å². The van der Waals surface area contributed by atoms with Gasteiger partial charge in [-0.25, -0.2) is 4.98 Å². The molecule has 0 aliphatic rings. The van der Waals surface area contributed by atoms with E-state index >= 15 is 0 Å². The first-order chi connectivity index (χ1) is 13.8. The Bertz CT molecular complexity index is 1010. The number of nitrogens with zero attached hydrogens (tertiary/aromatic N) is 2. The molecular formula is C19H15F3N4O2S. The molecule has 0 atom stereocenters. The first kappa shape index (κ1) is 20.5. The molecule has 0 saturated carbocycles. The Labute approximate surface area is 167 Å². The summed E-state index contributed by atoms with van der Waals surface area (Å²) in [7, 11) is 0. The van der Waals surface area contributed by atoms with Gasteiger partial charge in [-0.1, -0.05) is 12.1 Å².